The molecule has 4 heterocycles. The Bertz CT molecular complexity index is 828. The molecule has 1 aliphatic heterocycles. The van der Waals surface area contributed by atoms with E-state index in [1.807, 2.05) is 28.5 Å². The van der Waals surface area contributed by atoms with Gasteiger partial charge in [-0.15, -0.1) is 11.3 Å². The fraction of sp³-hybridized carbons (Fsp3) is 0.278. The molecule has 0 aromatic carbocycles. The summed E-state index contributed by atoms with van der Waals surface area (Å²) in [4.78, 5) is 24.5. The Labute approximate surface area is 144 Å². The number of carbonyl (C=O) groups is 1. The quantitative estimate of drug-likeness (QED) is 0.736. The molecule has 0 radical (unpaired) electrons. The molecular formula is C18H17N3O2S. The summed E-state index contributed by atoms with van der Waals surface area (Å²) < 4.78 is 5.19. The van der Waals surface area contributed by atoms with Gasteiger partial charge in [0.1, 0.15) is 6.33 Å². The topological polar surface area (TPSA) is 59.2 Å². The summed E-state index contributed by atoms with van der Waals surface area (Å²) in [5, 5.41) is 2.01. The van der Waals surface area contributed by atoms with Gasteiger partial charge in [0, 0.05) is 41.2 Å². The molecule has 0 bridgehead atoms. The predicted octanol–water partition coefficient (Wildman–Crippen LogP) is 2.97. The van der Waals surface area contributed by atoms with Crippen LogP contribution in [-0.2, 0) is 24.1 Å². The first kappa shape index (κ1) is 15.1. The Morgan fingerprint density at radius 3 is 2.96 bits per heavy atom. The lowest BCUT2D eigenvalue weighted by Crippen LogP contribution is -2.34. The number of fused-ring (bicyclic) bond motifs is 1. The third-order valence-electron chi connectivity index (χ3n) is 4.34. The summed E-state index contributed by atoms with van der Waals surface area (Å²) in [5.41, 5.74) is 4.05. The number of hydrogen-bond donors (Lipinski definition) is 0. The van der Waals surface area contributed by atoms with E-state index in [0.29, 0.717) is 19.5 Å². The van der Waals surface area contributed by atoms with Gasteiger partial charge in [0.05, 0.1) is 24.6 Å². The van der Waals surface area contributed by atoms with Gasteiger partial charge in [-0.3, -0.25) is 4.79 Å². The fourth-order valence-electron chi connectivity index (χ4n) is 3.10. The van der Waals surface area contributed by atoms with Gasteiger partial charge in [-0.1, -0.05) is 6.07 Å². The molecule has 5 nitrogen and oxygen atoms in total. The SMILES string of the molecule is O=C(Cc1cccs1)N1CCc2ncnc(-c3ccoc3)c2CC1. The predicted molar refractivity (Wildman–Crippen MR) is 91.7 cm³/mol. The van der Waals surface area contributed by atoms with Crippen LogP contribution < -0.4 is 0 Å². The van der Waals surface area contributed by atoms with E-state index in [-0.39, 0.29) is 5.91 Å². The van der Waals surface area contributed by atoms with Crippen LogP contribution in [0.15, 0.2) is 46.8 Å². The number of furan rings is 1. The molecule has 1 aliphatic rings. The van der Waals surface area contributed by atoms with Crippen LogP contribution in [0.25, 0.3) is 11.3 Å². The molecule has 0 atom stereocenters. The molecule has 0 spiro atoms. The molecule has 0 N–H and O–H groups in total. The van der Waals surface area contributed by atoms with Gasteiger partial charge < -0.3 is 9.32 Å². The monoisotopic (exact) mass is 339 g/mol. The Kier molecular flexibility index (Phi) is 4.13. The summed E-state index contributed by atoms with van der Waals surface area (Å²) in [6.45, 7) is 1.41. The second-order valence-electron chi connectivity index (χ2n) is 5.80. The normalized spacial score (nSPS) is 14.2. The van der Waals surface area contributed by atoms with Crippen molar-refractivity contribution in [2.24, 2.45) is 0 Å². The lowest BCUT2D eigenvalue weighted by atomic mass is 10.0. The summed E-state index contributed by atoms with van der Waals surface area (Å²) >= 11 is 1.63. The zero-order valence-electron chi connectivity index (χ0n) is 13.1. The van der Waals surface area contributed by atoms with E-state index in [0.717, 1.165) is 40.2 Å². The third-order valence-corrected chi connectivity index (χ3v) is 5.21. The van der Waals surface area contributed by atoms with Crippen molar-refractivity contribution < 1.29 is 9.21 Å². The Balaban J connectivity index is 1.54. The molecule has 6 heteroatoms. The first-order valence-corrected chi connectivity index (χ1v) is 8.84. The van der Waals surface area contributed by atoms with Crippen molar-refractivity contribution in [1.82, 2.24) is 14.9 Å². The van der Waals surface area contributed by atoms with Crippen LogP contribution in [0.3, 0.4) is 0 Å². The van der Waals surface area contributed by atoms with E-state index in [1.54, 1.807) is 30.2 Å². The summed E-state index contributed by atoms with van der Waals surface area (Å²) in [7, 11) is 0. The van der Waals surface area contributed by atoms with Gasteiger partial charge in [-0.2, -0.15) is 0 Å². The second-order valence-corrected chi connectivity index (χ2v) is 6.83. The molecule has 0 unspecified atom stereocenters. The van der Waals surface area contributed by atoms with Crippen molar-refractivity contribution in [3.05, 3.63) is 58.6 Å². The van der Waals surface area contributed by atoms with Crippen molar-refractivity contribution >= 4 is 17.2 Å². The molecule has 3 aromatic rings. The maximum absolute atomic E-state index is 12.6. The molecule has 122 valence electrons. The Hall–Kier alpha value is -2.47. The Morgan fingerprint density at radius 1 is 1.25 bits per heavy atom. The molecule has 24 heavy (non-hydrogen) atoms. The van der Waals surface area contributed by atoms with Crippen molar-refractivity contribution in [3.63, 3.8) is 0 Å². The van der Waals surface area contributed by atoms with E-state index >= 15 is 0 Å². The van der Waals surface area contributed by atoms with Crippen LogP contribution in [0, 0.1) is 0 Å². The van der Waals surface area contributed by atoms with Gasteiger partial charge in [0.15, 0.2) is 0 Å². The van der Waals surface area contributed by atoms with Crippen molar-refractivity contribution in [1.29, 1.82) is 0 Å². The van der Waals surface area contributed by atoms with Crippen LogP contribution in [0.4, 0.5) is 0 Å². The average Bonchev–Trinajstić information content (AvgIpc) is 3.25. The lowest BCUT2D eigenvalue weighted by Gasteiger charge is -2.19. The number of amides is 1. The van der Waals surface area contributed by atoms with E-state index in [1.165, 1.54) is 0 Å². The van der Waals surface area contributed by atoms with Crippen LogP contribution in [0.1, 0.15) is 16.1 Å². The molecule has 1 amide bonds. The van der Waals surface area contributed by atoms with E-state index < -0.39 is 0 Å². The number of aromatic nitrogens is 2. The van der Waals surface area contributed by atoms with Crippen LogP contribution in [0.2, 0.25) is 0 Å². The molecule has 0 saturated heterocycles. The van der Waals surface area contributed by atoms with Crippen molar-refractivity contribution in [3.8, 4) is 11.3 Å². The summed E-state index contributed by atoms with van der Waals surface area (Å²) in [5.74, 6) is 0.183. The second kappa shape index (κ2) is 6.57. The fourth-order valence-corrected chi connectivity index (χ4v) is 3.79. The minimum Gasteiger partial charge on any atom is -0.472 e. The smallest absolute Gasteiger partial charge is 0.227 e. The molecule has 0 saturated carbocycles. The van der Waals surface area contributed by atoms with Crippen LogP contribution in [-0.4, -0.2) is 33.9 Å². The van der Waals surface area contributed by atoms with Crippen LogP contribution in [0.5, 0.6) is 0 Å². The maximum atomic E-state index is 12.6. The third kappa shape index (κ3) is 2.97. The lowest BCUT2D eigenvalue weighted by molar-refractivity contribution is -0.130. The highest BCUT2D eigenvalue weighted by molar-refractivity contribution is 7.10. The zero-order chi connectivity index (χ0) is 16.4. The van der Waals surface area contributed by atoms with Gasteiger partial charge in [0.25, 0.3) is 0 Å². The summed E-state index contributed by atoms with van der Waals surface area (Å²) in [6, 6.07) is 5.91. The van der Waals surface area contributed by atoms with Gasteiger partial charge in [-0.05, 0) is 23.9 Å². The van der Waals surface area contributed by atoms with Gasteiger partial charge in [-0.25, -0.2) is 9.97 Å². The molecular weight excluding hydrogens is 322 g/mol. The Morgan fingerprint density at radius 2 is 2.17 bits per heavy atom. The van der Waals surface area contributed by atoms with E-state index in [9.17, 15) is 4.79 Å². The minimum atomic E-state index is 0.183. The highest BCUT2D eigenvalue weighted by Gasteiger charge is 2.22. The maximum Gasteiger partial charge on any atom is 0.227 e. The number of hydrogen-bond acceptors (Lipinski definition) is 5. The van der Waals surface area contributed by atoms with E-state index in [2.05, 4.69) is 9.97 Å². The first-order valence-electron chi connectivity index (χ1n) is 7.97. The molecule has 0 aliphatic carbocycles. The largest absolute Gasteiger partial charge is 0.472 e. The van der Waals surface area contributed by atoms with Gasteiger partial charge >= 0.3 is 0 Å². The first-order chi connectivity index (χ1) is 11.8. The van der Waals surface area contributed by atoms with Gasteiger partial charge in [0.2, 0.25) is 5.91 Å². The highest BCUT2D eigenvalue weighted by atomic mass is 32.1. The number of thiophene rings is 1. The number of rotatable bonds is 3. The highest BCUT2D eigenvalue weighted by Crippen LogP contribution is 2.26. The molecule has 4 rings (SSSR count). The zero-order valence-corrected chi connectivity index (χ0v) is 14.0. The summed E-state index contributed by atoms with van der Waals surface area (Å²) in [6.07, 6.45) is 6.97. The number of carbonyl (C=O) groups excluding carboxylic acids is 1. The minimum absolute atomic E-state index is 0.183. The van der Waals surface area contributed by atoms with E-state index in [4.69, 9.17) is 4.42 Å². The van der Waals surface area contributed by atoms with Crippen LogP contribution >= 0.6 is 11.3 Å². The van der Waals surface area contributed by atoms with Crippen molar-refractivity contribution in [2.45, 2.75) is 19.3 Å². The molecule has 3 aromatic heterocycles. The van der Waals surface area contributed by atoms with Crippen molar-refractivity contribution in [2.75, 3.05) is 13.1 Å². The standard InChI is InChI=1S/C18H17N3O2S/c22-17(10-14-2-1-9-24-14)21-6-3-15-16(4-7-21)19-12-20-18(15)13-5-8-23-11-13/h1-2,5,8-9,11-12H,3-4,6-7,10H2. The average molecular weight is 339 g/mol. The number of nitrogens with zero attached hydrogens (tertiary/aromatic N) is 3. The molecule has 0 fully saturated rings.